The number of carbonyl (C=O) groups excluding carboxylic acids is 1. The average molecular weight is 227 g/mol. The summed E-state index contributed by atoms with van der Waals surface area (Å²) in [4.78, 5) is 22.7. The third-order valence-corrected chi connectivity index (χ3v) is 2.71. The number of allylic oxidation sites excluding steroid dienone is 1. The SMILES string of the molecule is C=CCCC(=O)NC1(C(=O)O)CCOCC1. The fraction of sp³-hybridized carbons (Fsp3) is 0.636. The van der Waals surface area contributed by atoms with Gasteiger partial charge in [-0.2, -0.15) is 0 Å². The number of hydrogen-bond acceptors (Lipinski definition) is 3. The Balaban J connectivity index is 2.60. The van der Waals surface area contributed by atoms with Crippen LogP contribution in [-0.4, -0.2) is 35.7 Å². The van der Waals surface area contributed by atoms with E-state index in [1.54, 1.807) is 6.08 Å². The topological polar surface area (TPSA) is 75.6 Å². The van der Waals surface area contributed by atoms with Gasteiger partial charge in [0.25, 0.3) is 0 Å². The van der Waals surface area contributed by atoms with E-state index in [1.165, 1.54) is 0 Å². The molecule has 16 heavy (non-hydrogen) atoms. The highest BCUT2D eigenvalue weighted by Gasteiger charge is 2.41. The number of rotatable bonds is 5. The van der Waals surface area contributed by atoms with Gasteiger partial charge in [-0.3, -0.25) is 4.79 Å². The molecule has 2 N–H and O–H groups in total. The van der Waals surface area contributed by atoms with Gasteiger partial charge in [-0.15, -0.1) is 6.58 Å². The van der Waals surface area contributed by atoms with Gasteiger partial charge in [-0.1, -0.05) is 6.08 Å². The van der Waals surface area contributed by atoms with Crippen LogP contribution in [0.2, 0.25) is 0 Å². The van der Waals surface area contributed by atoms with Crippen molar-refractivity contribution in [3.05, 3.63) is 12.7 Å². The molecule has 0 saturated carbocycles. The van der Waals surface area contributed by atoms with Gasteiger partial charge < -0.3 is 15.2 Å². The molecule has 1 saturated heterocycles. The maximum atomic E-state index is 11.5. The van der Waals surface area contributed by atoms with E-state index in [4.69, 9.17) is 4.74 Å². The lowest BCUT2D eigenvalue weighted by atomic mass is 9.90. The van der Waals surface area contributed by atoms with Crippen LogP contribution in [0.4, 0.5) is 0 Å². The van der Waals surface area contributed by atoms with E-state index in [1.807, 2.05) is 0 Å². The van der Waals surface area contributed by atoms with Crippen molar-refractivity contribution >= 4 is 11.9 Å². The average Bonchev–Trinajstić information content (AvgIpc) is 2.27. The second-order valence-corrected chi connectivity index (χ2v) is 3.88. The van der Waals surface area contributed by atoms with Gasteiger partial charge in [0.2, 0.25) is 5.91 Å². The molecule has 90 valence electrons. The van der Waals surface area contributed by atoms with Gasteiger partial charge in [-0.25, -0.2) is 4.79 Å². The molecule has 0 aromatic heterocycles. The van der Waals surface area contributed by atoms with E-state index in [0.717, 1.165) is 0 Å². The molecule has 0 unspecified atom stereocenters. The molecular weight excluding hydrogens is 210 g/mol. The van der Waals surface area contributed by atoms with Crippen LogP contribution in [0.15, 0.2) is 12.7 Å². The third-order valence-electron chi connectivity index (χ3n) is 2.71. The van der Waals surface area contributed by atoms with E-state index < -0.39 is 11.5 Å². The number of carbonyl (C=O) groups is 2. The van der Waals surface area contributed by atoms with Crippen LogP contribution < -0.4 is 5.32 Å². The number of carboxylic acids is 1. The van der Waals surface area contributed by atoms with E-state index in [0.29, 0.717) is 32.5 Å². The Morgan fingerprint density at radius 2 is 2.06 bits per heavy atom. The summed E-state index contributed by atoms with van der Waals surface area (Å²) in [5, 5.41) is 11.8. The maximum Gasteiger partial charge on any atom is 0.329 e. The van der Waals surface area contributed by atoms with Crippen molar-refractivity contribution in [2.24, 2.45) is 0 Å². The molecule has 0 aromatic rings. The summed E-state index contributed by atoms with van der Waals surface area (Å²) in [6.45, 7) is 4.25. The fourth-order valence-corrected chi connectivity index (χ4v) is 1.67. The monoisotopic (exact) mass is 227 g/mol. The predicted octanol–water partition coefficient (Wildman–Crippen LogP) is 0.703. The quantitative estimate of drug-likeness (QED) is 0.678. The lowest BCUT2D eigenvalue weighted by Gasteiger charge is -2.33. The molecule has 5 heteroatoms. The van der Waals surface area contributed by atoms with Crippen molar-refractivity contribution in [1.82, 2.24) is 5.32 Å². The first-order valence-electron chi connectivity index (χ1n) is 5.34. The third kappa shape index (κ3) is 3.06. The zero-order valence-electron chi connectivity index (χ0n) is 9.20. The highest BCUT2D eigenvalue weighted by Crippen LogP contribution is 2.21. The molecule has 1 rings (SSSR count). The fourth-order valence-electron chi connectivity index (χ4n) is 1.67. The molecule has 0 spiro atoms. The van der Waals surface area contributed by atoms with Gasteiger partial charge >= 0.3 is 5.97 Å². The summed E-state index contributed by atoms with van der Waals surface area (Å²) in [6, 6.07) is 0. The van der Waals surface area contributed by atoms with E-state index >= 15 is 0 Å². The Labute approximate surface area is 94.5 Å². The number of carboxylic acid groups (broad SMARTS) is 1. The smallest absolute Gasteiger partial charge is 0.329 e. The molecule has 0 aromatic carbocycles. The van der Waals surface area contributed by atoms with Crippen LogP contribution in [0.1, 0.15) is 25.7 Å². The van der Waals surface area contributed by atoms with Crippen LogP contribution in [0, 0.1) is 0 Å². The minimum Gasteiger partial charge on any atom is -0.480 e. The zero-order valence-corrected chi connectivity index (χ0v) is 9.20. The van der Waals surface area contributed by atoms with Crippen molar-refractivity contribution < 1.29 is 19.4 Å². The van der Waals surface area contributed by atoms with Crippen molar-refractivity contribution in [2.75, 3.05) is 13.2 Å². The first-order chi connectivity index (χ1) is 7.60. The summed E-state index contributed by atoms with van der Waals surface area (Å²) in [6.07, 6.45) is 3.11. The Kier molecular flexibility index (Phi) is 4.49. The van der Waals surface area contributed by atoms with Crippen LogP contribution >= 0.6 is 0 Å². The van der Waals surface area contributed by atoms with Crippen molar-refractivity contribution in [3.63, 3.8) is 0 Å². The number of ether oxygens (including phenoxy) is 1. The lowest BCUT2D eigenvalue weighted by molar-refractivity contribution is -0.152. The minimum absolute atomic E-state index is 0.246. The molecule has 1 aliphatic rings. The van der Waals surface area contributed by atoms with Crippen LogP contribution in [0.5, 0.6) is 0 Å². The minimum atomic E-state index is -1.14. The lowest BCUT2D eigenvalue weighted by Crippen LogP contribution is -2.57. The molecular formula is C11H17NO4. The van der Waals surface area contributed by atoms with Crippen molar-refractivity contribution in [2.45, 2.75) is 31.2 Å². The van der Waals surface area contributed by atoms with Gasteiger partial charge in [-0.05, 0) is 6.42 Å². The van der Waals surface area contributed by atoms with Crippen LogP contribution in [0.25, 0.3) is 0 Å². The first kappa shape index (κ1) is 12.7. The van der Waals surface area contributed by atoms with Crippen LogP contribution in [0.3, 0.4) is 0 Å². The van der Waals surface area contributed by atoms with E-state index in [9.17, 15) is 14.7 Å². The second-order valence-electron chi connectivity index (χ2n) is 3.88. The number of aliphatic carboxylic acids is 1. The highest BCUT2D eigenvalue weighted by atomic mass is 16.5. The summed E-state index contributed by atoms with van der Waals surface area (Å²) in [7, 11) is 0. The molecule has 0 atom stereocenters. The highest BCUT2D eigenvalue weighted by molar-refractivity contribution is 5.87. The molecule has 1 aliphatic heterocycles. The Morgan fingerprint density at radius 3 is 2.56 bits per heavy atom. The van der Waals surface area contributed by atoms with Gasteiger partial charge in [0.15, 0.2) is 0 Å². The van der Waals surface area contributed by atoms with Crippen molar-refractivity contribution in [1.29, 1.82) is 0 Å². The summed E-state index contributed by atoms with van der Waals surface area (Å²) >= 11 is 0. The van der Waals surface area contributed by atoms with Gasteiger partial charge in [0.1, 0.15) is 5.54 Å². The largest absolute Gasteiger partial charge is 0.480 e. The Hall–Kier alpha value is -1.36. The summed E-state index contributed by atoms with van der Waals surface area (Å²) in [5.41, 5.74) is -1.14. The number of nitrogens with one attached hydrogen (secondary N) is 1. The second kappa shape index (κ2) is 5.65. The first-order valence-corrected chi connectivity index (χ1v) is 5.34. The van der Waals surface area contributed by atoms with E-state index in [2.05, 4.69) is 11.9 Å². The molecule has 1 amide bonds. The Bertz CT molecular complexity index is 282. The van der Waals surface area contributed by atoms with Crippen molar-refractivity contribution in [3.8, 4) is 0 Å². The normalized spacial score (nSPS) is 18.8. The molecule has 0 bridgehead atoms. The number of hydrogen-bond donors (Lipinski definition) is 2. The molecule has 1 fully saturated rings. The van der Waals surface area contributed by atoms with Crippen LogP contribution in [-0.2, 0) is 14.3 Å². The maximum absolute atomic E-state index is 11.5. The van der Waals surface area contributed by atoms with E-state index in [-0.39, 0.29) is 12.3 Å². The molecule has 1 heterocycles. The molecule has 0 aliphatic carbocycles. The van der Waals surface area contributed by atoms with Gasteiger partial charge in [0.05, 0.1) is 0 Å². The Morgan fingerprint density at radius 1 is 1.44 bits per heavy atom. The molecule has 0 radical (unpaired) electrons. The predicted molar refractivity (Wildman–Crippen MR) is 58.0 cm³/mol. The summed E-state index contributed by atoms with van der Waals surface area (Å²) < 4.78 is 5.11. The standard InChI is InChI=1S/C11H17NO4/c1-2-3-4-9(13)12-11(10(14)15)5-7-16-8-6-11/h2H,1,3-8H2,(H,12,13)(H,14,15). The number of amides is 1. The van der Waals surface area contributed by atoms with Gasteiger partial charge in [0, 0.05) is 32.5 Å². The summed E-state index contributed by atoms with van der Waals surface area (Å²) in [5.74, 6) is -1.23. The zero-order chi connectivity index (χ0) is 12.0. The molecule has 5 nitrogen and oxygen atoms in total.